The first-order valence-electron chi connectivity index (χ1n) is 10.5. The number of unbranched alkanes of at least 4 members (excludes halogenated alkanes) is 8. The van der Waals surface area contributed by atoms with Crippen molar-refractivity contribution in [3.05, 3.63) is 54.6 Å². The van der Waals surface area contributed by atoms with E-state index in [1.54, 1.807) is 0 Å². The molecule has 0 bridgehead atoms. The van der Waals surface area contributed by atoms with Crippen LogP contribution in [-0.2, 0) is 0 Å². The Labute approximate surface area is 172 Å². The Kier molecular flexibility index (Phi) is 8.48. The Bertz CT molecular complexity index is 773. The van der Waals surface area contributed by atoms with Gasteiger partial charge in [0.1, 0.15) is 5.75 Å². The molecule has 144 valence electrons. The molecular weight excluding hydrogens is 396 g/mol. The van der Waals surface area contributed by atoms with Crippen molar-refractivity contribution >= 4 is 37.5 Å². The summed E-state index contributed by atoms with van der Waals surface area (Å²) in [4.78, 5) is 0. The van der Waals surface area contributed by atoms with Gasteiger partial charge in [0.2, 0.25) is 0 Å². The third kappa shape index (κ3) is 5.97. The lowest BCUT2D eigenvalue weighted by Crippen LogP contribution is -1.99. The lowest BCUT2D eigenvalue weighted by molar-refractivity contribution is 0.311. The average molecular weight is 427 g/mol. The topological polar surface area (TPSA) is 9.23 Å². The van der Waals surface area contributed by atoms with Crippen molar-refractivity contribution in [3.8, 4) is 5.75 Å². The van der Waals surface area contributed by atoms with E-state index in [1.165, 1.54) is 72.9 Å². The van der Waals surface area contributed by atoms with Gasteiger partial charge < -0.3 is 4.74 Å². The maximum Gasteiger partial charge on any atom is 0.134 e. The van der Waals surface area contributed by atoms with E-state index in [2.05, 4.69) is 70.5 Å². The van der Waals surface area contributed by atoms with Crippen LogP contribution >= 0.6 is 15.9 Å². The molecule has 0 aliphatic heterocycles. The van der Waals surface area contributed by atoms with Gasteiger partial charge in [-0.3, -0.25) is 0 Å². The van der Waals surface area contributed by atoms with Crippen molar-refractivity contribution in [2.24, 2.45) is 0 Å². The van der Waals surface area contributed by atoms with Crippen LogP contribution in [0.5, 0.6) is 5.75 Å². The predicted octanol–water partition coefficient (Wildman–Crippen LogP) is 8.28. The summed E-state index contributed by atoms with van der Waals surface area (Å²) < 4.78 is 6.30. The molecule has 0 spiro atoms. The van der Waals surface area contributed by atoms with Crippen molar-refractivity contribution in [1.29, 1.82) is 0 Å². The molecule has 0 aliphatic rings. The quantitative estimate of drug-likeness (QED) is 0.161. The number of benzene rings is 3. The second kappa shape index (κ2) is 11.3. The number of fused-ring (bicyclic) bond motifs is 2. The van der Waals surface area contributed by atoms with Crippen LogP contribution in [0.1, 0.15) is 57.8 Å². The summed E-state index contributed by atoms with van der Waals surface area (Å²) in [5.74, 6) is 1.05. The van der Waals surface area contributed by atoms with E-state index in [1.807, 2.05) is 0 Å². The number of rotatable bonds is 12. The third-order valence-electron chi connectivity index (χ3n) is 5.25. The van der Waals surface area contributed by atoms with Crippen molar-refractivity contribution in [1.82, 2.24) is 0 Å². The molecule has 0 heterocycles. The van der Waals surface area contributed by atoms with Gasteiger partial charge >= 0.3 is 0 Å². The van der Waals surface area contributed by atoms with E-state index in [0.717, 1.165) is 24.1 Å². The van der Waals surface area contributed by atoms with Gasteiger partial charge in [-0.2, -0.15) is 0 Å². The van der Waals surface area contributed by atoms with Crippen LogP contribution < -0.4 is 4.74 Å². The molecule has 0 N–H and O–H groups in total. The van der Waals surface area contributed by atoms with E-state index in [0.29, 0.717) is 0 Å². The number of alkyl halides is 1. The zero-order valence-corrected chi connectivity index (χ0v) is 17.8. The first kappa shape index (κ1) is 20.2. The molecule has 2 heteroatoms. The summed E-state index contributed by atoms with van der Waals surface area (Å²) in [6.07, 6.45) is 12.0. The normalized spacial score (nSPS) is 11.3. The van der Waals surface area contributed by atoms with Gasteiger partial charge in [-0.1, -0.05) is 109 Å². The summed E-state index contributed by atoms with van der Waals surface area (Å²) in [5.41, 5.74) is 0. The average Bonchev–Trinajstić information content (AvgIpc) is 2.71. The van der Waals surface area contributed by atoms with Crippen LogP contribution in [0.3, 0.4) is 0 Å². The first-order chi connectivity index (χ1) is 13.4. The highest BCUT2D eigenvalue weighted by atomic mass is 79.9. The van der Waals surface area contributed by atoms with Gasteiger partial charge in [-0.25, -0.2) is 0 Å². The zero-order chi connectivity index (χ0) is 18.7. The fraction of sp³-hybridized carbons (Fsp3) is 0.440. The van der Waals surface area contributed by atoms with Crippen LogP contribution in [0.25, 0.3) is 21.5 Å². The van der Waals surface area contributed by atoms with E-state index >= 15 is 0 Å². The van der Waals surface area contributed by atoms with Crippen LogP contribution in [-0.4, -0.2) is 11.9 Å². The molecule has 1 nitrogen and oxygen atoms in total. The summed E-state index contributed by atoms with van der Waals surface area (Å²) in [5, 5.41) is 6.11. The van der Waals surface area contributed by atoms with Gasteiger partial charge in [0, 0.05) is 16.1 Å². The molecule has 0 saturated carbocycles. The highest BCUT2D eigenvalue weighted by Crippen LogP contribution is 2.34. The standard InChI is InChI=1S/C25H31BrO/c26-18-12-6-4-2-1-3-5-7-13-19-27-25-23-16-10-8-14-21(23)20-22-15-9-11-17-24(22)25/h8-11,14-17,20H,1-7,12-13,18-19H2. The lowest BCUT2D eigenvalue weighted by Gasteiger charge is -2.13. The SMILES string of the molecule is BrCCCCCCCCCCCOc1c2ccccc2cc2ccccc12. The van der Waals surface area contributed by atoms with E-state index < -0.39 is 0 Å². The molecular formula is C25H31BrO. The Balaban J connectivity index is 1.46. The summed E-state index contributed by atoms with van der Waals surface area (Å²) in [6.45, 7) is 0.809. The number of hydrogen-bond acceptors (Lipinski definition) is 1. The van der Waals surface area contributed by atoms with Gasteiger partial charge in [0.05, 0.1) is 6.61 Å². The maximum absolute atomic E-state index is 6.30. The van der Waals surface area contributed by atoms with Crippen LogP contribution in [0.2, 0.25) is 0 Å². The largest absolute Gasteiger partial charge is 0.492 e. The second-order valence-corrected chi connectivity index (χ2v) is 8.16. The smallest absolute Gasteiger partial charge is 0.134 e. The van der Waals surface area contributed by atoms with Crippen molar-refractivity contribution in [2.45, 2.75) is 57.8 Å². The number of hydrogen-bond donors (Lipinski definition) is 0. The van der Waals surface area contributed by atoms with E-state index in [9.17, 15) is 0 Å². The molecule has 0 unspecified atom stereocenters. The molecule has 0 amide bonds. The minimum atomic E-state index is 0.809. The molecule has 0 aliphatic carbocycles. The van der Waals surface area contributed by atoms with E-state index in [4.69, 9.17) is 4.74 Å². The summed E-state index contributed by atoms with van der Waals surface area (Å²) >= 11 is 3.50. The van der Waals surface area contributed by atoms with Crippen molar-refractivity contribution in [3.63, 3.8) is 0 Å². The molecule has 27 heavy (non-hydrogen) atoms. The van der Waals surface area contributed by atoms with Crippen molar-refractivity contribution in [2.75, 3.05) is 11.9 Å². The van der Waals surface area contributed by atoms with E-state index in [-0.39, 0.29) is 0 Å². The monoisotopic (exact) mass is 426 g/mol. The molecule has 3 aromatic carbocycles. The zero-order valence-electron chi connectivity index (χ0n) is 16.3. The summed E-state index contributed by atoms with van der Waals surface area (Å²) in [6, 6.07) is 19.3. The fourth-order valence-electron chi connectivity index (χ4n) is 3.74. The molecule has 0 radical (unpaired) electrons. The third-order valence-corrected chi connectivity index (χ3v) is 5.81. The lowest BCUT2D eigenvalue weighted by atomic mass is 10.0. The maximum atomic E-state index is 6.30. The number of halogens is 1. The Morgan fingerprint density at radius 3 is 1.63 bits per heavy atom. The number of ether oxygens (including phenoxy) is 1. The molecule has 0 fully saturated rings. The van der Waals surface area contributed by atoms with Crippen LogP contribution in [0, 0.1) is 0 Å². The van der Waals surface area contributed by atoms with Crippen molar-refractivity contribution < 1.29 is 4.74 Å². The Morgan fingerprint density at radius 1 is 0.593 bits per heavy atom. The predicted molar refractivity (Wildman–Crippen MR) is 122 cm³/mol. The highest BCUT2D eigenvalue weighted by molar-refractivity contribution is 9.09. The highest BCUT2D eigenvalue weighted by Gasteiger charge is 2.08. The molecule has 0 aromatic heterocycles. The van der Waals surface area contributed by atoms with Crippen LogP contribution in [0.4, 0.5) is 0 Å². The van der Waals surface area contributed by atoms with Gasteiger partial charge in [0.25, 0.3) is 0 Å². The summed E-state index contributed by atoms with van der Waals surface area (Å²) in [7, 11) is 0. The Hall–Kier alpha value is -1.54. The van der Waals surface area contributed by atoms with Gasteiger partial charge in [-0.05, 0) is 29.7 Å². The molecule has 3 rings (SSSR count). The van der Waals surface area contributed by atoms with Gasteiger partial charge in [-0.15, -0.1) is 0 Å². The molecule has 0 atom stereocenters. The minimum absolute atomic E-state index is 0.809. The molecule has 0 saturated heterocycles. The second-order valence-electron chi connectivity index (χ2n) is 7.37. The van der Waals surface area contributed by atoms with Gasteiger partial charge in [0.15, 0.2) is 0 Å². The minimum Gasteiger partial charge on any atom is -0.492 e. The van der Waals surface area contributed by atoms with Crippen LogP contribution in [0.15, 0.2) is 54.6 Å². The Morgan fingerprint density at radius 2 is 1.07 bits per heavy atom. The fourth-order valence-corrected chi connectivity index (χ4v) is 4.13. The molecule has 3 aromatic rings. The first-order valence-corrected chi connectivity index (χ1v) is 11.6.